The summed E-state index contributed by atoms with van der Waals surface area (Å²) in [7, 11) is 3.81. The Morgan fingerprint density at radius 1 is 1.35 bits per heavy atom. The maximum atomic E-state index is 9.02. The molecule has 4 nitrogen and oxygen atoms in total. The van der Waals surface area contributed by atoms with Crippen molar-refractivity contribution in [3.05, 3.63) is 29.3 Å². The van der Waals surface area contributed by atoms with Gasteiger partial charge < -0.3 is 10.5 Å². The highest BCUT2D eigenvalue weighted by Crippen LogP contribution is 2.26. The number of rotatable bonds is 4. The smallest absolute Gasteiger partial charge is 0.123 e. The molecule has 0 atom stereocenters. The third-order valence-corrected chi connectivity index (χ3v) is 4.19. The van der Waals surface area contributed by atoms with Crippen LogP contribution in [0.2, 0.25) is 0 Å². The molecule has 0 radical (unpaired) electrons. The molecular weight excluding hydrogens is 250 g/mol. The fourth-order valence-electron chi connectivity index (χ4n) is 2.91. The van der Waals surface area contributed by atoms with Gasteiger partial charge in [-0.25, -0.2) is 0 Å². The number of hydrogen-bond acceptors (Lipinski definition) is 4. The quantitative estimate of drug-likeness (QED) is 0.914. The second-order valence-electron chi connectivity index (χ2n) is 5.62. The Morgan fingerprint density at radius 2 is 2.05 bits per heavy atom. The lowest BCUT2D eigenvalue weighted by molar-refractivity contribution is 0.174. The molecule has 0 aliphatic heterocycles. The average molecular weight is 273 g/mol. The molecular formula is C16H23N3O. The molecule has 1 saturated carbocycles. The molecule has 0 amide bonds. The number of nitrogens with two attached hydrogens (primary N) is 1. The minimum Gasteiger partial charge on any atom is -0.496 e. The van der Waals surface area contributed by atoms with E-state index in [-0.39, 0.29) is 0 Å². The molecule has 0 bridgehead atoms. The average Bonchev–Trinajstić information content (AvgIpc) is 2.47. The van der Waals surface area contributed by atoms with Crippen LogP contribution in [0.5, 0.6) is 5.75 Å². The van der Waals surface area contributed by atoms with Gasteiger partial charge in [-0.15, -0.1) is 0 Å². The van der Waals surface area contributed by atoms with Gasteiger partial charge in [0.15, 0.2) is 0 Å². The first-order chi connectivity index (χ1) is 9.63. The van der Waals surface area contributed by atoms with Crippen LogP contribution in [-0.2, 0) is 6.54 Å². The minimum atomic E-state index is 0.371. The molecule has 0 aromatic heterocycles. The van der Waals surface area contributed by atoms with E-state index in [4.69, 9.17) is 15.7 Å². The van der Waals surface area contributed by atoms with E-state index in [2.05, 4.69) is 18.0 Å². The molecule has 2 N–H and O–H groups in total. The van der Waals surface area contributed by atoms with Crippen molar-refractivity contribution in [1.82, 2.24) is 4.90 Å². The van der Waals surface area contributed by atoms with Crippen molar-refractivity contribution in [2.75, 3.05) is 14.2 Å². The number of nitrogens with zero attached hydrogens (tertiary/aromatic N) is 2. The zero-order valence-corrected chi connectivity index (χ0v) is 12.3. The lowest BCUT2D eigenvalue weighted by Gasteiger charge is -2.33. The second-order valence-corrected chi connectivity index (χ2v) is 5.62. The first kappa shape index (κ1) is 14.8. The van der Waals surface area contributed by atoms with Gasteiger partial charge in [-0.3, -0.25) is 4.90 Å². The SMILES string of the molecule is COc1ccc(C#N)cc1CN(C)C1CCC(N)CC1. The Labute approximate surface area is 121 Å². The van der Waals surface area contributed by atoms with E-state index in [0.29, 0.717) is 17.6 Å². The van der Waals surface area contributed by atoms with E-state index in [1.54, 1.807) is 13.2 Å². The van der Waals surface area contributed by atoms with Gasteiger partial charge in [0, 0.05) is 24.2 Å². The molecule has 0 spiro atoms. The zero-order chi connectivity index (χ0) is 14.5. The van der Waals surface area contributed by atoms with E-state index in [9.17, 15) is 0 Å². The largest absolute Gasteiger partial charge is 0.496 e. The van der Waals surface area contributed by atoms with Crippen molar-refractivity contribution < 1.29 is 4.74 Å². The van der Waals surface area contributed by atoms with Gasteiger partial charge >= 0.3 is 0 Å². The molecule has 4 heteroatoms. The van der Waals surface area contributed by atoms with E-state index in [1.807, 2.05) is 12.1 Å². The number of hydrogen-bond donors (Lipinski definition) is 1. The lowest BCUT2D eigenvalue weighted by Crippen LogP contribution is -2.38. The van der Waals surface area contributed by atoms with Crippen LogP contribution >= 0.6 is 0 Å². The van der Waals surface area contributed by atoms with Crippen molar-refractivity contribution in [3.63, 3.8) is 0 Å². The fourth-order valence-corrected chi connectivity index (χ4v) is 2.91. The van der Waals surface area contributed by atoms with E-state index in [1.165, 1.54) is 0 Å². The topological polar surface area (TPSA) is 62.3 Å². The standard InChI is InChI=1S/C16H23N3O/c1-19(15-6-4-14(18)5-7-15)11-13-9-12(10-17)3-8-16(13)20-2/h3,8-9,14-15H,4-7,11,18H2,1-2H3. The van der Waals surface area contributed by atoms with Crippen LogP contribution < -0.4 is 10.5 Å². The molecule has 0 heterocycles. The summed E-state index contributed by atoms with van der Waals surface area (Å²) in [5.74, 6) is 0.850. The maximum absolute atomic E-state index is 9.02. The number of methoxy groups -OCH3 is 1. The summed E-state index contributed by atoms with van der Waals surface area (Å²) in [4.78, 5) is 2.35. The van der Waals surface area contributed by atoms with Gasteiger partial charge in [0.1, 0.15) is 5.75 Å². The lowest BCUT2D eigenvalue weighted by atomic mass is 9.91. The monoisotopic (exact) mass is 273 g/mol. The number of nitriles is 1. The van der Waals surface area contributed by atoms with Crippen LogP contribution in [0.15, 0.2) is 18.2 Å². The summed E-state index contributed by atoms with van der Waals surface area (Å²) < 4.78 is 5.39. The first-order valence-corrected chi connectivity index (χ1v) is 7.17. The van der Waals surface area contributed by atoms with E-state index < -0.39 is 0 Å². The van der Waals surface area contributed by atoms with Crippen LogP contribution in [0, 0.1) is 11.3 Å². The minimum absolute atomic E-state index is 0.371. The van der Waals surface area contributed by atoms with Crippen LogP contribution in [0.25, 0.3) is 0 Å². The van der Waals surface area contributed by atoms with E-state index >= 15 is 0 Å². The van der Waals surface area contributed by atoms with Crippen molar-refractivity contribution in [2.24, 2.45) is 5.73 Å². The van der Waals surface area contributed by atoms with Crippen LogP contribution in [0.1, 0.15) is 36.8 Å². The van der Waals surface area contributed by atoms with Crippen molar-refractivity contribution in [1.29, 1.82) is 5.26 Å². The summed E-state index contributed by atoms with van der Waals surface area (Å²) in [5.41, 5.74) is 7.71. The highest BCUT2D eigenvalue weighted by molar-refractivity contribution is 5.42. The summed E-state index contributed by atoms with van der Waals surface area (Å²) >= 11 is 0. The first-order valence-electron chi connectivity index (χ1n) is 7.17. The Bertz CT molecular complexity index is 487. The Balaban J connectivity index is 2.07. The molecule has 108 valence electrons. The highest BCUT2D eigenvalue weighted by atomic mass is 16.5. The van der Waals surface area contributed by atoms with Gasteiger partial charge in [0.2, 0.25) is 0 Å². The molecule has 2 rings (SSSR count). The third-order valence-electron chi connectivity index (χ3n) is 4.19. The molecule has 20 heavy (non-hydrogen) atoms. The number of benzene rings is 1. The van der Waals surface area contributed by atoms with Crippen molar-refractivity contribution in [3.8, 4) is 11.8 Å². The maximum Gasteiger partial charge on any atom is 0.123 e. The van der Waals surface area contributed by atoms with Gasteiger partial charge in [-0.2, -0.15) is 5.26 Å². The van der Waals surface area contributed by atoms with Gasteiger partial charge in [0.25, 0.3) is 0 Å². The molecule has 1 fully saturated rings. The second kappa shape index (κ2) is 6.74. The Hall–Kier alpha value is -1.57. The predicted molar refractivity (Wildman–Crippen MR) is 79.4 cm³/mol. The molecule has 1 aliphatic rings. The molecule has 1 aromatic carbocycles. The molecule has 0 saturated heterocycles. The molecule has 0 unspecified atom stereocenters. The zero-order valence-electron chi connectivity index (χ0n) is 12.3. The summed E-state index contributed by atoms with van der Waals surface area (Å²) in [6.07, 6.45) is 4.50. The van der Waals surface area contributed by atoms with Gasteiger partial charge in [-0.05, 0) is 50.9 Å². The van der Waals surface area contributed by atoms with Crippen molar-refractivity contribution >= 4 is 0 Å². The Kier molecular flexibility index (Phi) is 4.99. The Morgan fingerprint density at radius 3 is 2.65 bits per heavy atom. The van der Waals surface area contributed by atoms with E-state index in [0.717, 1.165) is 43.5 Å². The van der Waals surface area contributed by atoms with Crippen LogP contribution in [-0.4, -0.2) is 31.1 Å². The van der Waals surface area contributed by atoms with Crippen molar-refractivity contribution in [2.45, 2.75) is 44.3 Å². The number of ether oxygens (including phenoxy) is 1. The summed E-state index contributed by atoms with van der Waals surface area (Å²) in [5, 5.41) is 9.02. The normalized spacial score (nSPS) is 22.6. The summed E-state index contributed by atoms with van der Waals surface area (Å²) in [6, 6.07) is 8.72. The van der Waals surface area contributed by atoms with Gasteiger partial charge in [0.05, 0.1) is 18.7 Å². The van der Waals surface area contributed by atoms with Crippen LogP contribution in [0.4, 0.5) is 0 Å². The van der Waals surface area contributed by atoms with Crippen LogP contribution in [0.3, 0.4) is 0 Å². The molecule has 1 aliphatic carbocycles. The fraction of sp³-hybridized carbons (Fsp3) is 0.562. The predicted octanol–water partition coefficient (Wildman–Crippen LogP) is 2.27. The third kappa shape index (κ3) is 3.50. The summed E-state index contributed by atoms with van der Waals surface area (Å²) in [6.45, 7) is 0.804. The highest BCUT2D eigenvalue weighted by Gasteiger charge is 2.22. The van der Waals surface area contributed by atoms with Gasteiger partial charge in [-0.1, -0.05) is 0 Å². The molecule has 1 aromatic rings.